The van der Waals surface area contributed by atoms with E-state index in [1.165, 1.54) is 0 Å². The Morgan fingerprint density at radius 3 is 2.35 bits per heavy atom. The Labute approximate surface area is 325 Å². The number of benzene rings is 1. The molecule has 2 N–H and O–H groups in total. The Morgan fingerprint density at radius 2 is 1.65 bits per heavy atom. The van der Waals surface area contributed by atoms with Gasteiger partial charge in [0.15, 0.2) is 8.32 Å². The van der Waals surface area contributed by atoms with Gasteiger partial charge in [-0.3, -0.25) is 9.78 Å². The predicted molar refractivity (Wildman–Crippen MR) is 218 cm³/mol. The fourth-order valence-corrected chi connectivity index (χ4v) is 8.15. The van der Waals surface area contributed by atoms with Crippen LogP contribution in [0.3, 0.4) is 0 Å². The molecule has 0 spiro atoms. The van der Waals surface area contributed by atoms with Gasteiger partial charge in [-0.2, -0.15) is 0 Å². The highest BCUT2D eigenvalue weighted by Gasteiger charge is 2.45. The van der Waals surface area contributed by atoms with Crippen molar-refractivity contribution >= 4 is 42.6 Å². The van der Waals surface area contributed by atoms with Crippen molar-refractivity contribution in [1.82, 2.24) is 20.3 Å². The van der Waals surface area contributed by atoms with Gasteiger partial charge < -0.3 is 34.2 Å². The minimum absolute atomic E-state index is 0.00986. The third kappa shape index (κ3) is 9.99. The summed E-state index contributed by atoms with van der Waals surface area (Å²) in [4.78, 5) is 42.8. The van der Waals surface area contributed by atoms with Crippen LogP contribution < -0.4 is 20.3 Å². The Balaban J connectivity index is 1.20. The van der Waals surface area contributed by atoms with Crippen LogP contribution in [0.15, 0.2) is 67.1 Å². The van der Waals surface area contributed by atoms with Crippen molar-refractivity contribution in [3.63, 3.8) is 0 Å². The number of carbonyl (C=O) groups excluding carboxylic acids is 2. The molecule has 5 heterocycles. The summed E-state index contributed by atoms with van der Waals surface area (Å²) < 4.78 is 24.1. The van der Waals surface area contributed by atoms with Crippen molar-refractivity contribution in [2.75, 3.05) is 36.5 Å². The van der Waals surface area contributed by atoms with Crippen LogP contribution in [0.5, 0.6) is 5.88 Å². The molecule has 12 nitrogen and oxygen atoms in total. The molecule has 13 heteroatoms. The first-order valence-electron chi connectivity index (χ1n) is 19.2. The zero-order chi connectivity index (χ0) is 39.5. The SMILES string of the molecule is C[C@H]1CN(c2ccncc2NC(=O)c2ccc3ccc(-c4ccc(OC5CCOCC5)nc4)cc3n2)C[C@@H](NC(=O)OC(C)(C)C)[C@@H]1O[Si](C)(C)C(C)(C)C. The number of nitrogens with zero attached hydrogens (tertiary/aromatic N) is 4. The highest BCUT2D eigenvalue weighted by molar-refractivity contribution is 6.74. The van der Waals surface area contributed by atoms with Gasteiger partial charge in [0.1, 0.15) is 17.4 Å². The molecule has 4 aromatic rings. The van der Waals surface area contributed by atoms with Gasteiger partial charge >= 0.3 is 6.09 Å². The molecule has 294 valence electrons. The van der Waals surface area contributed by atoms with Crippen LogP contribution in [0.4, 0.5) is 16.2 Å². The third-order valence-electron chi connectivity index (χ3n) is 10.7. The first kappa shape index (κ1) is 40.1. The molecule has 0 saturated carbocycles. The first-order valence-corrected chi connectivity index (χ1v) is 22.2. The van der Waals surface area contributed by atoms with Crippen LogP contribution >= 0.6 is 0 Å². The zero-order valence-corrected chi connectivity index (χ0v) is 34.6. The van der Waals surface area contributed by atoms with Gasteiger partial charge in [0.05, 0.1) is 48.4 Å². The summed E-state index contributed by atoms with van der Waals surface area (Å²) in [6, 6.07) is 15.0. The monoisotopic (exact) mass is 768 g/mol. The van der Waals surface area contributed by atoms with Gasteiger partial charge in [0, 0.05) is 61.3 Å². The van der Waals surface area contributed by atoms with E-state index in [1.54, 1.807) is 24.7 Å². The summed E-state index contributed by atoms with van der Waals surface area (Å²) in [6.45, 7) is 21.3. The predicted octanol–water partition coefficient (Wildman–Crippen LogP) is 8.24. The van der Waals surface area contributed by atoms with Gasteiger partial charge in [0.2, 0.25) is 5.88 Å². The maximum atomic E-state index is 13.8. The molecule has 55 heavy (non-hydrogen) atoms. The lowest BCUT2D eigenvalue weighted by atomic mass is 9.92. The lowest BCUT2D eigenvalue weighted by Crippen LogP contribution is -2.63. The largest absolute Gasteiger partial charge is 0.474 e. The molecular weight excluding hydrogens is 713 g/mol. The maximum absolute atomic E-state index is 13.8. The summed E-state index contributed by atoms with van der Waals surface area (Å²) in [5.41, 5.74) is 3.50. The van der Waals surface area contributed by atoms with E-state index in [2.05, 4.69) is 66.3 Å². The highest BCUT2D eigenvalue weighted by atomic mass is 28.4. The van der Waals surface area contributed by atoms with E-state index in [0.717, 1.165) is 35.0 Å². The van der Waals surface area contributed by atoms with E-state index in [4.69, 9.17) is 23.6 Å². The molecule has 2 aliphatic rings. The lowest BCUT2D eigenvalue weighted by Gasteiger charge is -2.48. The molecular formula is C42H56N6O6Si. The second-order valence-corrected chi connectivity index (χ2v) is 22.0. The Kier molecular flexibility index (Phi) is 11.8. The third-order valence-corrected chi connectivity index (χ3v) is 15.1. The number of alkyl carbamates (subject to hydrolysis) is 1. The number of fused-ring (bicyclic) bond motifs is 1. The van der Waals surface area contributed by atoms with Gasteiger partial charge in [-0.25, -0.2) is 14.8 Å². The van der Waals surface area contributed by atoms with E-state index in [9.17, 15) is 9.59 Å². The van der Waals surface area contributed by atoms with Crippen LogP contribution in [-0.2, 0) is 13.9 Å². The van der Waals surface area contributed by atoms with Crippen LogP contribution in [0.1, 0.15) is 71.8 Å². The van der Waals surface area contributed by atoms with Crippen LogP contribution in [0.25, 0.3) is 22.0 Å². The van der Waals surface area contributed by atoms with Crippen LogP contribution in [0, 0.1) is 5.92 Å². The number of piperidine rings is 1. The minimum Gasteiger partial charge on any atom is -0.474 e. The van der Waals surface area contributed by atoms with Crippen LogP contribution in [0.2, 0.25) is 18.1 Å². The summed E-state index contributed by atoms with van der Waals surface area (Å²) in [5.74, 6) is 0.281. The first-order chi connectivity index (χ1) is 26.0. The molecule has 0 aliphatic carbocycles. The van der Waals surface area contributed by atoms with Crippen molar-refractivity contribution in [2.45, 2.75) is 103 Å². The number of carbonyl (C=O) groups is 2. The van der Waals surface area contributed by atoms with E-state index in [-0.39, 0.29) is 40.8 Å². The second-order valence-electron chi connectivity index (χ2n) is 17.2. The Hall–Kier alpha value is -4.59. The van der Waals surface area contributed by atoms with Crippen molar-refractivity contribution in [3.8, 4) is 17.0 Å². The van der Waals surface area contributed by atoms with E-state index >= 15 is 0 Å². The summed E-state index contributed by atoms with van der Waals surface area (Å²) in [7, 11) is -2.19. The molecule has 2 saturated heterocycles. The standard InChI is InChI=1S/C42H56N6O6Si/c1-27-25-48(26-35(47-40(50)53-41(2,3)4)38(27)54-55(8,9)42(5,6)7)36-16-19-43-24-34(36)46-39(49)32-14-12-28-10-11-29(22-33(28)45-32)30-13-15-37(44-23-30)52-31-17-20-51-21-18-31/h10-16,19,22-24,27,31,35,38H,17-18,20-21,25-26H2,1-9H3,(H,46,49)(H,47,50)/t27-,35+,38+/m0/s1. The molecule has 0 radical (unpaired) electrons. The average molecular weight is 769 g/mol. The number of ether oxygens (including phenoxy) is 3. The second kappa shape index (κ2) is 16.2. The fourth-order valence-electron chi connectivity index (χ4n) is 6.72. The minimum atomic E-state index is -2.19. The topological polar surface area (TPSA) is 137 Å². The Bertz CT molecular complexity index is 1970. The van der Waals surface area contributed by atoms with Gasteiger partial charge in [-0.1, -0.05) is 45.9 Å². The van der Waals surface area contributed by atoms with Crippen molar-refractivity contribution in [1.29, 1.82) is 0 Å². The molecule has 2 fully saturated rings. The lowest BCUT2D eigenvalue weighted by molar-refractivity contribution is 0.0237. The number of hydrogen-bond donors (Lipinski definition) is 2. The smallest absolute Gasteiger partial charge is 0.408 e. The Morgan fingerprint density at radius 1 is 0.927 bits per heavy atom. The maximum Gasteiger partial charge on any atom is 0.408 e. The number of pyridine rings is 3. The summed E-state index contributed by atoms with van der Waals surface area (Å²) in [6.07, 6.45) is 6.27. The number of rotatable bonds is 9. The van der Waals surface area contributed by atoms with Gasteiger partial charge in [0.25, 0.3) is 5.91 Å². The molecule has 0 bridgehead atoms. The quantitative estimate of drug-likeness (QED) is 0.160. The fraction of sp³-hybridized carbons (Fsp3) is 0.500. The average Bonchev–Trinajstić information content (AvgIpc) is 3.12. The molecule has 1 aromatic carbocycles. The number of anilines is 2. The molecule has 0 unspecified atom stereocenters. The van der Waals surface area contributed by atoms with Crippen molar-refractivity contribution in [3.05, 3.63) is 72.8 Å². The number of amides is 2. The number of hydrogen-bond acceptors (Lipinski definition) is 10. The van der Waals surface area contributed by atoms with E-state index in [0.29, 0.717) is 43.4 Å². The molecule has 6 rings (SSSR count). The number of nitrogens with one attached hydrogen (secondary N) is 2. The van der Waals surface area contributed by atoms with Gasteiger partial charge in [-0.05, 0) is 68.7 Å². The van der Waals surface area contributed by atoms with Crippen molar-refractivity contribution < 1.29 is 28.2 Å². The van der Waals surface area contributed by atoms with Gasteiger partial charge in [-0.15, -0.1) is 0 Å². The highest BCUT2D eigenvalue weighted by Crippen LogP contribution is 2.40. The molecule has 2 aliphatic heterocycles. The zero-order valence-electron chi connectivity index (χ0n) is 33.6. The summed E-state index contributed by atoms with van der Waals surface area (Å²) in [5, 5.41) is 7.11. The molecule has 3 aromatic heterocycles. The van der Waals surface area contributed by atoms with Crippen LogP contribution in [-0.4, -0.2) is 85.4 Å². The number of aromatic nitrogens is 3. The normalized spacial score (nSPS) is 19.9. The molecule has 3 atom stereocenters. The van der Waals surface area contributed by atoms with E-state index in [1.807, 2.05) is 63.2 Å². The van der Waals surface area contributed by atoms with E-state index < -0.39 is 20.0 Å². The molecule has 2 amide bonds. The summed E-state index contributed by atoms with van der Waals surface area (Å²) >= 11 is 0. The van der Waals surface area contributed by atoms with Crippen molar-refractivity contribution in [2.24, 2.45) is 5.92 Å².